The van der Waals surface area contributed by atoms with Crippen LogP contribution < -0.4 is 0 Å². The maximum Gasteiger partial charge on any atom is 0.211 e. The number of aromatic nitrogens is 4. The van der Waals surface area contributed by atoms with Gasteiger partial charge in [0.15, 0.2) is 0 Å². The third-order valence-corrected chi connectivity index (χ3v) is 5.20. The van der Waals surface area contributed by atoms with Crippen molar-refractivity contribution in [3.8, 4) is 17.1 Å². The molecule has 3 rings (SSSR count). The number of nitrogens with zero attached hydrogens (tertiary/aromatic N) is 5. The monoisotopic (exact) mass is 363 g/mol. The van der Waals surface area contributed by atoms with Gasteiger partial charge in [-0.1, -0.05) is 0 Å². The highest BCUT2D eigenvalue weighted by Crippen LogP contribution is 2.26. The lowest BCUT2D eigenvalue weighted by molar-refractivity contribution is 0.451. The second-order valence-corrected chi connectivity index (χ2v) is 7.73. The summed E-state index contributed by atoms with van der Waals surface area (Å²) in [5.41, 5.74) is 1.27. The van der Waals surface area contributed by atoms with E-state index in [1.807, 2.05) is 0 Å². The van der Waals surface area contributed by atoms with E-state index in [4.69, 9.17) is 0 Å². The van der Waals surface area contributed by atoms with E-state index in [0.29, 0.717) is 23.6 Å². The fourth-order valence-electron chi connectivity index (χ4n) is 2.45. The fraction of sp³-hybridized carbons (Fsp3) is 0.250. The van der Waals surface area contributed by atoms with Gasteiger partial charge >= 0.3 is 0 Å². The first-order valence-corrected chi connectivity index (χ1v) is 9.43. The zero-order valence-corrected chi connectivity index (χ0v) is 14.7. The Kier molecular flexibility index (Phi) is 4.69. The maximum atomic E-state index is 13.8. The van der Waals surface area contributed by atoms with E-state index in [1.54, 1.807) is 46.2 Å². The van der Waals surface area contributed by atoms with Gasteiger partial charge in [0.05, 0.1) is 11.9 Å². The lowest BCUT2D eigenvalue weighted by Crippen LogP contribution is -2.29. The van der Waals surface area contributed by atoms with E-state index in [2.05, 4.69) is 10.1 Å². The Hall–Kier alpha value is -2.52. The molecule has 0 bridgehead atoms. The number of hydrogen-bond donors (Lipinski definition) is 0. The van der Waals surface area contributed by atoms with Crippen LogP contribution in [0, 0.1) is 5.82 Å². The number of rotatable bonds is 6. The molecule has 3 aromatic rings. The molecule has 7 nitrogen and oxygen atoms in total. The summed E-state index contributed by atoms with van der Waals surface area (Å²) in [7, 11) is -1.74. The van der Waals surface area contributed by atoms with Crippen molar-refractivity contribution in [1.29, 1.82) is 0 Å². The fourth-order valence-corrected chi connectivity index (χ4v) is 2.86. The van der Waals surface area contributed by atoms with E-state index in [1.165, 1.54) is 23.5 Å². The number of imidazole rings is 1. The van der Waals surface area contributed by atoms with Crippen molar-refractivity contribution in [2.45, 2.75) is 6.54 Å². The second-order valence-electron chi connectivity index (χ2n) is 5.64. The van der Waals surface area contributed by atoms with Crippen LogP contribution in [-0.4, -0.2) is 51.9 Å². The van der Waals surface area contributed by atoms with Crippen LogP contribution in [0.4, 0.5) is 4.39 Å². The van der Waals surface area contributed by atoms with Crippen LogP contribution in [-0.2, 0) is 16.6 Å². The highest BCUT2D eigenvalue weighted by atomic mass is 32.2. The van der Waals surface area contributed by atoms with E-state index < -0.39 is 10.0 Å². The summed E-state index contributed by atoms with van der Waals surface area (Å²) < 4.78 is 41.6. The number of hydrogen-bond acceptors (Lipinski definition) is 4. The molecule has 0 atom stereocenters. The van der Waals surface area contributed by atoms with Crippen LogP contribution >= 0.6 is 0 Å². The molecule has 2 heterocycles. The Morgan fingerprint density at radius 3 is 2.72 bits per heavy atom. The lowest BCUT2D eigenvalue weighted by atomic mass is 10.1. The first kappa shape index (κ1) is 17.3. The van der Waals surface area contributed by atoms with Crippen molar-refractivity contribution in [1.82, 2.24) is 23.6 Å². The van der Waals surface area contributed by atoms with E-state index in [9.17, 15) is 12.8 Å². The molecule has 0 aliphatic rings. The minimum absolute atomic E-state index is 0.286. The number of likely N-dealkylation sites (N-methyl/N-ethyl adjacent to an activating group) is 1. The molecule has 2 aromatic heterocycles. The minimum atomic E-state index is -3.26. The number of sulfonamides is 1. The van der Waals surface area contributed by atoms with Crippen LogP contribution in [0.3, 0.4) is 0 Å². The summed E-state index contributed by atoms with van der Waals surface area (Å²) in [6, 6.07) is 6.18. The van der Waals surface area contributed by atoms with Crippen LogP contribution in [0.25, 0.3) is 17.1 Å². The standard InChI is InChI=1S/C16H18FN5O2S/c1-20(25(2,23)24)10-11-21-9-7-18-16(21)14-12-13(17)4-5-15(14)22-8-3-6-19-22/h3-9,12H,10-11H2,1-2H3. The molecule has 0 fully saturated rings. The molecule has 0 aliphatic carbocycles. The second kappa shape index (κ2) is 6.77. The van der Waals surface area contributed by atoms with Gasteiger partial charge in [-0.15, -0.1) is 0 Å². The Labute approximate surface area is 145 Å². The molecule has 0 spiro atoms. The molecule has 0 radical (unpaired) electrons. The van der Waals surface area contributed by atoms with Crippen molar-refractivity contribution in [3.05, 3.63) is 54.9 Å². The number of halogens is 1. The zero-order chi connectivity index (χ0) is 18.0. The first-order valence-electron chi connectivity index (χ1n) is 7.58. The molecule has 132 valence electrons. The van der Waals surface area contributed by atoms with Crippen molar-refractivity contribution < 1.29 is 12.8 Å². The van der Waals surface area contributed by atoms with Crippen LogP contribution in [0.5, 0.6) is 0 Å². The van der Waals surface area contributed by atoms with E-state index in [-0.39, 0.29) is 12.4 Å². The van der Waals surface area contributed by atoms with E-state index in [0.717, 1.165) is 6.26 Å². The Balaban J connectivity index is 1.96. The minimum Gasteiger partial charge on any atom is -0.330 e. The molecule has 0 amide bonds. The van der Waals surface area contributed by atoms with Crippen molar-refractivity contribution in [2.24, 2.45) is 0 Å². The average Bonchev–Trinajstić information content (AvgIpc) is 3.23. The van der Waals surface area contributed by atoms with Gasteiger partial charge in [0.1, 0.15) is 11.6 Å². The van der Waals surface area contributed by atoms with Crippen LogP contribution in [0.15, 0.2) is 49.1 Å². The van der Waals surface area contributed by atoms with Gasteiger partial charge in [-0.2, -0.15) is 5.10 Å². The average molecular weight is 363 g/mol. The van der Waals surface area contributed by atoms with Gasteiger partial charge in [-0.3, -0.25) is 0 Å². The molecule has 0 saturated heterocycles. The molecular formula is C16H18FN5O2S. The van der Waals surface area contributed by atoms with Crippen LogP contribution in [0.1, 0.15) is 0 Å². The normalized spacial score (nSPS) is 12.0. The summed E-state index contributed by atoms with van der Waals surface area (Å²) in [6.45, 7) is 0.683. The highest BCUT2D eigenvalue weighted by Gasteiger charge is 2.16. The Bertz CT molecular complexity index is 966. The van der Waals surface area contributed by atoms with Gasteiger partial charge in [-0.25, -0.2) is 26.8 Å². The van der Waals surface area contributed by atoms with Crippen LogP contribution in [0.2, 0.25) is 0 Å². The van der Waals surface area contributed by atoms with Gasteiger partial charge in [0.2, 0.25) is 10.0 Å². The van der Waals surface area contributed by atoms with Crippen molar-refractivity contribution >= 4 is 10.0 Å². The van der Waals surface area contributed by atoms with Gasteiger partial charge in [0, 0.05) is 50.5 Å². The zero-order valence-electron chi connectivity index (χ0n) is 13.9. The molecule has 0 unspecified atom stereocenters. The van der Waals surface area contributed by atoms with Gasteiger partial charge in [0.25, 0.3) is 0 Å². The summed E-state index contributed by atoms with van der Waals surface area (Å²) in [5.74, 6) is 0.167. The smallest absolute Gasteiger partial charge is 0.211 e. The van der Waals surface area contributed by atoms with E-state index >= 15 is 0 Å². The third kappa shape index (κ3) is 3.77. The summed E-state index contributed by atoms with van der Waals surface area (Å²) in [5, 5.41) is 4.19. The third-order valence-electron chi connectivity index (χ3n) is 3.89. The largest absolute Gasteiger partial charge is 0.330 e. The van der Waals surface area contributed by atoms with Gasteiger partial charge < -0.3 is 4.57 Å². The van der Waals surface area contributed by atoms with Gasteiger partial charge in [-0.05, 0) is 24.3 Å². The molecule has 1 aromatic carbocycles. The molecule has 9 heteroatoms. The number of benzene rings is 1. The molecular weight excluding hydrogens is 345 g/mol. The van der Waals surface area contributed by atoms with Crippen molar-refractivity contribution in [3.63, 3.8) is 0 Å². The summed E-state index contributed by atoms with van der Waals surface area (Å²) in [6.07, 6.45) is 7.91. The Morgan fingerprint density at radius 2 is 2.04 bits per heavy atom. The first-order chi connectivity index (χ1) is 11.9. The lowest BCUT2D eigenvalue weighted by Gasteiger charge is -2.16. The molecule has 0 N–H and O–H groups in total. The quantitative estimate of drug-likeness (QED) is 0.669. The molecule has 0 saturated carbocycles. The Morgan fingerprint density at radius 1 is 1.24 bits per heavy atom. The van der Waals surface area contributed by atoms with Crippen molar-refractivity contribution in [2.75, 3.05) is 19.8 Å². The summed E-state index contributed by atoms with van der Waals surface area (Å²) in [4.78, 5) is 4.33. The molecule has 0 aliphatic heterocycles. The SMILES string of the molecule is CN(CCn1ccnc1-c1cc(F)ccc1-n1cccn1)S(C)(=O)=O. The maximum absolute atomic E-state index is 13.8. The predicted molar refractivity (Wildman–Crippen MR) is 92.2 cm³/mol. The topological polar surface area (TPSA) is 73.0 Å². The highest BCUT2D eigenvalue weighted by molar-refractivity contribution is 7.88. The summed E-state index contributed by atoms with van der Waals surface area (Å²) >= 11 is 0. The predicted octanol–water partition coefficient (Wildman–Crippen LogP) is 1.77. The molecule has 25 heavy (non-hydrogen) atoms.